The van der Waals surface area contributed by atoms with Crippen molar-refractivity contribution >= 4 is 49.8 Å². The number of carbonyl (C=O) groups is 1. The first kappa shape index (κ1) is 18.8. The summed E-state index contributed by atoms with van der Waals surface area (Å²) in [4.78, 5) is 16.3. The highest BCUT2D eigenvalue weighted by Crippen LogP contribution is 2.31. The molecule has 6 nitrogen and oxygen atoms in total. The van der Waals surface area contributed by atoms with Gasteiger partial charge in [-0.1, -0.05) is 22.0 Å². The lowest BCUT2D eigenvalue weighted by molar-refractivity contribution is -0.116. The van der Waals surface area contributed by atoms with Crippen molar-refractivity contribution in [3.05, 3.63) is 58.7 Å². The van der Waals surface area contributed by atoms with Crippen molar-refractivity contribution in [3.63, 3.8) is 0 Å². The molecule has 0 radical (unpaired) electrons. The summed E-state index contributed by atoms with van der Waals surface area (Å²) in [7, 11) is 0. The van der Waals surface area contributed by atoms with Crippen molar-refractivity contribution in [2.75, 3.05) is 17.2 Å². The predicted molar refractivity (Wildman–Crippen MR) is 109 cm³/mol. The summed E-state index contributed by atoms with van der Waals surface area (Å²) in [6.07, 6.45) is 2.19. The molecule has 0 fully saturated rings. The first-order chi connectivity index (χ1) is 13.1. The normalized spacial score (nSPS) is 10.4. The highest BCUT2D eigenvalue weighted by atomic mass is 79.9. The molecule has 0 spiro atoms. The molecule has 1 aromatic heterocycles. The van der Waals surface area contributed by atoms with E-state index in [1.807, 2.05) is 24.3 Å². The van der Waals surface area contributed by atoms with Crippen molar-refractivity contribution in [2.24, 2.45) is 0 Å². The van der Waals surface area contributed by atoms with E-state index in [4.69, 9.17) is 5.11 Å². The van der Waals surface area contributed by atoms with Crippen LogP contribution in [0.25, 0.3) is 10.9 Å². The molecule has 0 unspecified atom stereocenters. The van der Waals surface area contributed by atoms with Gasteiger partial charge in [-0.05, 0) is 42.8 Å². The van der Waals surface area contributed by atoms with Gasteiger partial charge in [-0.25, -0.2) is 0 Å². The van der Waals surface area contributed by atoms with Crippen LogP contribution in [0.15, 0.2) is 53.1 Å². The van der Waals surface area contributed by atoms with Crippen LogP contribution in [0.3, 0.4) is 0 Å². The summed E-state index contributed by atoms with van der Waals surface area (Å²) in [6, 6.07) is 15.1. The number of amides is 1. The average Bonchev–Trinajstić information content (AvgIpc) is 2.67. The molecule has 7 heteroatoms. The van der Waals surface area contributed by atoms with E-state index in [0.717, 1.165) is 15.5 Å². The number of aliphatic hydroxyl groups is 1. The zero-order valence-electron chi connectivity index (χ0n) is 14.4. The van der Waals surface area contributed by atoms with Gasteiger partial charge in [0.1, 0.15) is 6.07 Å². The Labute approximate surface area is 165 Å². The minimum absolute atomic E-state index is 0.0265. The lowest BCUT2D eigenvalue weighted by Crippen LogP contribution is -2.11. The third kappa shape index (κ3) is 4.61. The molecular formula is C20H17BrN4O2. The molecule has 0 bridgehead atoms. The largest absolute Gasteiger partial charge is 0.396 e. The number of nitriles is 1. The second kappa shape index (κ2) is 8.62. The van der Waals surface area contributed by atoms with E-state index in [0.29, 0.717) is 28.9 Å². The molecule has 3 aromatic rings. The van der Waals surface area contributed by atoms with Crippen LogP contribution in [0.4, 0.5) is 17.1 Å². The van der Waals surface area contributed by atoms with E-state index in [9.17, 15) is 10.1 Å². The molecule has 0 atom stereocenters. The van der Waals surface area contributed by atoms with Crippen molar-refractivity contribution in [1.29, 1.82) is 5.26 Å². The number of benzene rings is 2. The Morgan fingerprint density at radius 2 is 2.07 bits per heavy atom. The van der Waals surface area contributed by atoms with Gasteiger partial charge in [0.05, 0.1) is 16.8 Å². The topological polar surface area (TPSA) is 98.0 Å². The minimum Gasteiger partial charge on any atom is -0.396 e. The Morgan fingerprint density at radius 1 is 1.22 bits per heavy atom. The van der Waals surface area contributed by atoms with E-state index in [2.05, 4.69) is 37.6 Å². The van der Waals surface area contributed by atoms with E-state index in [1.54, 1.807) is 18.2 Å². The van der Waals surface area contributed by atoms with Crippen LogP contribution in [-0.2, 0) is 4.79 Å². The Morgan fingerprint density at radius 3 is 2.81 bits per heavy atom. The fourth-order valence-electron chi connectivity index (χ4n) is 2.66. The van der Waals surface area contributed by atoms with Crippen LogP contribution >= 0.6 is 15.9 Å². The lowest BCUT2D eigenvalue weighted by atomic mass is 10.1. The van der Waals surface area contributed by atoms with Crippen LogP contribution < -0.4 is 10.6 Å². The number of rotatable bonds is 6. The maximum absolute atomic E-state index is 11.9. The van der Waals surface area contributed by atoms with E-state index < -0.39 is 0 Å². The van der Waals surface area contributed by atoms with E-state index in [-0.39, 0.29) is 18.9 Å². The zero-order valence-corrected chi connectivity index (χ0v) is 16.0. The third-order valence-electron chi connectivity index (χ3n) is 3.93. The van der Waals surface area contributed by atoms with Crippen molar-refractivity contribution in [2.45, 2.75) is 12.8 Å². The van der Waals surface area contributed by atoms with Crippen LogP contribution in [0, 0.1) is 11.3 Å². The van der Waals surface area contributed by atoms with Gasteiger partial charge in [0.2, 0.25) is 5.91 Å². The number of pyridine rings is 1. The second-order valence-corrected chi connectivity index (χ2v) is 6.82. The van der Waals surface area contributed by atoms with E-state index in [1.165, 1.54) is 6.20 Å². The van der Waals surface area contributed by atoms with Crippen molar-refractivity contribution in [3.8, 4) is 6.07 Å². The number of hydrogen-bond donors (Lipinski definition) is 3. The number of nitrogens with one attached hydrogen (secondary N) is 2. The minimum atomic E-state index is -0.172. The molecule has 0 saturated carbocycles. The smallest absolute Gasteiger partial charge is 0.224 e. The molecular weight excluding hydrogens is 408 g/mol. The fourth-order valence-corrected chi connectivity index (χ4v) is 3.06. The third-order valence-corrected chi connectivity index (χ3v) is 4.42. The molecule has 136 valence electrons. The highest BCUT2D eigenvalue weighted by Gasteiger charge is 2.11. The molecule has 3 N–H and O–H groups in total. The van der Waals surface area contributed by atoms with Crippen LogP contribution in [0.2, 0.25) is 0 Å². The number of anilines is 3. The predicted octanol–water partition coefficient (Wildman–Crippen LogP) is 4.32. The number of halogens is 1. The average molecular weight is 425 g/mol. The lowest BCUT2D eigenvalue weighted by Gasteiger charge is -2.13. The Kier molecular flexibility index (Phi) is 6.01. The summed E-state index contributed by atoms with van der Waals surface area (Å²) in [5, 5.41) is 25.2. The summed E-state index contributed by atoms with van der Waals surface area (Å²) >= 11 is 3.44. The van der Waals surface area contributed by atoms with E-state index >= 15 is 0 Å². The summed E-state index contributed by atoms with van der Waals surface area (Å²) in [5.74, 6) is -0.172. The molecule has 2 aromatic carbocycles. The van der Waals surface area contributed by atoms with Gasteiger partial charge in [-0.3, -0.25) is 9.78 Å². The van der Waals surface area contributed by atoms with Crippen LogP contribution in [-0.4, -0.2) is 22.6 Å². The standard InChI is InChI=1S/C20H17BrN4O2/c21-14-3-1-4-15(9-14)25-20-13(11-22)12-23-18-7-6-16(10-17(18)20)24-19(27)5-2-8-26/h1,3-4,6-7,9-10,12,26H,2,5,8H2,(H,23,25)(H,24,27). The molecule has 1 amide bonds. The van der Waals surface area contributed by atoms with Gasteiger partial charge < -0.3 is 15.7 Å². The van der Waals surface area contributed by atoms with Crippen molar-refractivity contribution < 1.29 is 9.90 Å². The zero-order chi connectivity index (χ0) is 19.2. The van der Waals surface area contributed by atoms with Crippen molar-refractivity contribution in [1.82, 2.24) is 4.98 Å². The van der Waals surface area contributed by atoms with Gasteiger partial charge in [0.15, 0.2) is 0 Å². The summed E-state index contributed by atoms with van der Waals surface area (Å²) in [5.41, 5.74) is 3.18. The Bertz CT molecular complexity index is 1030. The monoisotopic (exact) mass is 424 g/mol. The van der Waals surface area contributed by atoms with Crippen LogP contribution in [0.5, 0.6) is 0 Å². The van der Waals surface area contributed by atoms with Gasteiger partial charge in [-0.2, -0.15) is 5.26 Å². The summed E-state index contributed by atoms with van der Waals surface area (Å²) < 4.78 is 0.918. The summed E-state index contributed by atoms with van der Waals surface area (Å²) in [6.45, 7) is -0.0265. The Hall–Kier alpha value is -2.95. The molecule has 3 rings (SSSR count). The number of carbonyl (C=O) groups excluding carboxylic acids is 1. The number of aliphatic hydroxyl groups excluding tert-OH is 1. The quantitative estimate of drug-likeness (QED) is 0.546. The van der Waals surface area contributed by atoms with Gasteiger partial charge in [0, 0.05) is 40.5 Å². The molecule has 0 aliphatic rings. The molecule has 0 aliphatic heterocycles. The number of hydrogen-bond acceptors (Lipinski definition) is 5. The first-order valence-corrected chi connectivity index (χ1v) is 9.16. The number of nitrogens with zero attached hydrogens (tertiary/aromatic N) is 2. The number of aromatic nitrogens is 1. The SMILES string of the molecule is N#Cc1cnc2ccc(NC(=O)CCCO)cc2c1Nc1cccc(Br)c1. The second-order valence-electron chi connectivity index (χ2n) is 5.90. The molecule has 0 saturated heterocycles. The molecule has 1 heterocycles. The number of fused-ring (bicyclic) bond motifs is 1. The van der Waals surface area contributed by atoms with Crippen LogP contribution in [0.1, 0.15) is 18.4 Å². The maximum Gasteiger partial charge on any atom is 0.224 e. The molecule has 27 heavy (non-hydrogen) atoms. The Balaban J connectivity index is 2.00. The first-order valence-electron chi connectivity index (χ1n) is 8.37. The fraction of sp³-hybridized carbons (Fsp3) is 0.150. The molecule has 0 aliphatic carbocycles. The van der Waals surface area contributed by atoms with Gasteiger partial charge in [-0.15, -0.1) is 0 Å². The highest BCUT2D eigenvalue weighted by molar-refractivity contribution is 9.10. The maximum atomic E-state index is 11.9. The van der Waals surface area contributed by atoms with Gasteiger partial charge >= 0.3 is 0 Å². The van der Waals surface area contributed by atoms with Gasteiger partial charge in [0.25, 0.3) is 0 Å².